The minimum absolute atomic E-state index is 0.248. The molecule has 3 fully saturated rings. The number of anilines is 1. The summed E-state index contributed by atoms with van der Waals surface area (Å²) in [6, 6.07) is 2.15. The van der Waals surface area contributed by atoms with Crippen molar-refractivity contribution in [3.05, 3.63) is 29.6 Å². The first-order valence-electron chi connectivity index (χ1n) is 7.19. The van der Waals surface area contributed by atoms with Crippen LogP contribution in [-0.2, 0) is 20.5 Å². The van der Waals surface area contributed by atoms with E-state index in [9.17, 15) is 27.2 Å². The third kappa shape index (κ3) is 1.94. The molecule has 1 aromatic carbocycles. The number of halogens is 4. The molecular formula is C15H11F4NO3. The van der Waals surface area contributed by atoms with Gasteiger partial charge in [-0.1, -0.05) is 0 Å². The van der Waals surface area contributed by atoms with Gasteiger partial charge in [-0.25, -0.2) is 9.29 Å². The van der Waals surface area contributed by atoms with E-state index in [4.69, 9.17) is 4.74 Å². The number of nitrogens with zero attached hydrogens (tertiary/aromatic N) is 1. The molecule has 0 aromatic heterocycles. The topological polar surface area (TPSA) is 46.6 Å². The number of fused-ring (bicyclic) bond motifs is 5. The maximum absolute atomic E-state index is 13.4. The summed E-state index contributed by atoms with van der Waals surface area (Å²) < 4.78 is 57.4. The average molecular weight is 329 g/mol. The van der Waals surface area contributed by atoms with Crippen molar-refractivity contribution in [2.24, 2.45) is 11.8 Å². The van der Waals surface area contributed by atoms with Crippen molar-refractivity contribution in [2.45, 2.75) is 31.2 Å². The Labute approximate surface area is 128 Å². The van der Waals surface area contributed by atoms with Gasteiger partial charge in [0.05, 0.1) is 35.3 Å². The van der Waals surface area contributed by atoms with E-state index in [2.05, 4.69) is 0 Å². The molecule has 1 aromatic rings. The van der Waals surface area contributed by atoms with Crippen LogP contribution in [0.15, 0.2) is 18.2 Å². The molecule has 0 radical (unpaired) electrons. The van der Waals surface area contributed by atoms with Crippen LogP contribution in [0.3, 0.4) is 0 Å². The van der Waals surface area contributed by atoms with Crippen LogP contribution in [0.1, 0.15) is 18.4 Å². The lowest BCUT2D eigenvalue weighted by molar-refractivity contribution is -0.140. The summed E-state index contributed by atoms with van der Waals surface area (Å²) in [5.41, 5.74) is -1.74. The van der Waals surface area contributed by atoms with Gasteiger partial charge in [0, 0.05) is 0 Å². The molecule has 2 amide bonds. The molecule has 2 bridgehead atoms. The molecule has 4 rings (SSSR count). The second-order valence-corrected chi connectivity index (χ2v) is 6.02. The number of amides is 2. The van der Waals surface area contributed by atoms with E-state index in [0.29, 0.717) is 25.0 Å². The first kappa shape index (κ1) is 14.6. The smallest absolute Gasteiger partial charge is 0.373 e. The summed E-state index contributed by atoms with van der Waals surface area (Å²) in [6.45, 7) is 0. The van der Waals surface area contributed by atoms with E-state index in [-0.39, 0.29) is 17.9 Å². The number of ether oxygens (including phenoxy) is 1. The van der Waals surface area contributed by atoms with E-state index >= 15 is 0 Å². The molecule has 4 atom stereocenters. The Balaban J connectivity index is 1.74. The molecule has 3 saturated heterocycles. The van der Waals surface area contributed by atoms with Gasteiger partial charge in [0.25, 0.3) is 0 Å². The van der Waals surface area contributed by atoms with Gasteiger partial charge in [-0.2, -0.15) is 13.2 Å². The molecule has 8 heteroatoms. The van der Waals surface area contributed by atoms with Crippen molar-refractivity contribution in [2.75, 3.05) is 4.90 Å². The molecule has 122 valence electrons. The van der Waals surface area contributed by atoms with Crippen LogP contribution in [0.25, 0.3) is 0 Å². The third-order valence-electron chi connectivity index (χ3n) is 4.80. The molecule has 3 aliphatic rings. The predicted octanol–water partition coefficient (Wildman–Crippen LogP) is 2.51. The highest BCUT2D eigenvalue weighted by molar-refractivity contribution is 6.22. The Morgan fingerprint density at radius 1 is 1.04 bits per heavy atom. The number of hydrogen-bond acceptors (Lipinski definition) is 3. The van der Waals surface area contributed by atoms with E-state index in [0.717, 1.165) is 11.0 Å². The summed E-state index contributed by atoms with van der Waals surface area (Å²) >= 11 is 0. The van der Waals surface area contributed by atoms with Crippen LogP contribution in [0.5, 0.6) is 0 Å². The predicted molar refractivity (Wildman–Crippen MR) is 68.8 cm³/mol. The zero-order chi connectivity index (χ0) is 16.5. The molecule has 4 nitrogen and oxygen atoms in total. The van der Waals surface area contributed by atoms with Crippen LogP contribution in [0, 0.1) is 17.7 Å². The first-order valence-corrected chi connectivity index (χ1v) is 7.19. The van der Waals surface area contributed by atoms with Gasteiger partial charge in [0.15, 0.2) is 0 Å². The van der Waals surface area contributed by atoms with E-state index in [1.165, 1.54) is 0 Å². The SMILES string of the molecule is O=C1C2C3CCC(O3)C2C(=O)N1c1ccc(F)c(C(F)(F)F)c1. The van der Waals surface area contributed by atoms with Gasteiger partial charge in [-0.15, -0.1) is 0 Å². The average Bonchev–Trinajstić information content (AvgIpc) is 3.13. The van der Waals surface area contributed by atoms with Crippen molar-refractivity contribution in [1.82, 2.24) is 0 Å². The summed E-state index contributed by atoms with van der Waals surface area (Å²) in [5, 5.41) is 0. The number of carbonyl (C=O) groups excluding carboxylic acids is 2. The number of imide groups is 1. The number of rotatable bonds is 1. The highest BCUT2D eigenvalue weighted by Crippen LogP contribution is 2.49. The van der Waals surface area contributed by atoms with Crippen molar-refractivity contribution in [1.29, 1.82) is 0 Å². The Bertz CT molecular complexity index is 689. The van der Waals surface area contributed by atoms with Gasteiger partial charge in [0.2, 0.25) is 11.8 Å². The second kappa shape index (κ2) is 4.53. The Hall–Kier alpha value is -1.96. The van der Waals surface area contributed by atoms with Crippen molar-refractivity contribution >= 4 is 17.5 Å². The fourth-order valence-electron chi connectivity index (χ4n) is 3.84. The Kier molecular flexibility index (Phi) is 2.88. The summed E-state index contributed by atoms with van der Waals surface area (Å²) in [5.74, 6) is -3.84. The molecule has 0 aliphatic carbocycles. The Morgan fingerprint density at radius 3 is 2.13 bits per heavy atom. The largest absolute Gasteiger partial charge is 0.419 e. The zero-order valence-corrected chi connectivity index (χ0v) is 11.6. The van der Waals surface area contributed by atoms with E-state index < -0.39 is 41.2 Å². The zero-order valence-electron chi connectivity index (χ0n) is 11.6. The summed E-state index contributed by atoms with van der Waals surface area (Å²) in [6.07, 6.45) is -4.28. The summed E-state index contributed by atoms with van der Waals surface area (Å²) in [4.78, 5) is 25.7. The molecule has 23 heavy (non-hydrogen) atoms. The molecule has 0 saturated carbocycles. The standard InChI is InChI=1S/C15H11F4NO3/c16-8-2-1-6(5-7(8)15(17,18)19)20-13(21)11-9-3-4-10(23-9)12(11)14(20)22/h1-2,5,9-12H,3-4H2. The van der Waals surface area contributed by atoms with Gasteiger partial charge in [-0.05, 0) is 31.0 Å². The minimum atomic E-state index is -4.90. The van der Waals surface area contributed by atoms with Crippen LogP contribution in [0.2, 0.25) is 0 Å². The lowest BCUT2D eigenvalue weighted by Crippen LogP contribution is -2.34. The molecule has 4 unspecified atom stereocenters. The number of alkyl halides is 3. The molecule has 0 N–H and O–H groups in total. The van der Waals surface area contributed by atoms with Crippen molar-refractivity contribution < 1.29 is 31.9 Å². The van der Waals surface area contributed by atoms with Gasteiger partial charge in [0.1, 0.15) is 5.82 Å². The number of carbonyl (C=O) groups is 2. The molecular weight excluding hydrogens is 318 g/mol. The molecule has 0 spiro atoms. The Morgan fingerprint density at radius 2 is 1.61 bits per heavy atom. The normalized spacial score (nSPS) is 32.8. The fraction of sp³-hybridized carbons (Fsp3) is 0.467. The van der Waals surface area contributed by atoms with Gasteiger partial charge >= 0.3 is 6.18 Å². The van der Waals surface area contributed by atoms with Crippen LogP contribution in [0.4, 0.5) is 23.2 Å². The highest BCUT2D eigenvalue weighted by atomic mass is 19.4. The van der Waals surface area contributed by atoms with Crippen LogP contribution >= 0.6 is 0 Å². The lowest BCUT2D eigenvalue weighted by Gasteiger charge is -2.19. The van der Waals surface area contributed by atoms with Crippen LogP contribution < -0.4 is 4.90 Å². The lowest BCUT2D eigenvalue weighted by atomic mass is 9.81. The van der Waals surface area contributed by atoms with E-state index in [1.807, 2.05) is 0 Å². The van der Waals surface area contributed by atoms with E-state index in [1.54, 1.807) is 0 Å². The quantitative estimate of drug-likeness (QED) is 0.587. The first-order chi connectivity index (χ1) is 10.8. The van der Waals surface area contributed by atoms with Gasteiger partial charge in [-0.3, -0.25) is 9.59 Å². The number of hydrogen-bond donors (Lipinski definition) is 0. The number of benzene rings is 1. The monoisotopic (exact) mass is 329 g/mol. The maximum Gasteiger partial charge on any atom is 0.419 e. The second-order valence-electron chi connectivity index (χ2n) is 6.02. The molecule has 3 heterocycles. The fourth-order valence-corrected chi connectivity index (χ4v) is 3.84. The van der Waals surface area contributed by atoms with Gasteiger partial charge < -0.3 is 4.74 Å². The molecule has 3 aliphatic heterocycles. The highest BCUT2D eigenvalue weighted by Gasteiger charge is 2.62. The third-order valence-corrected chi connectivity index (χ3v) is 4.80. The minimum Gasteiger partial charge on any atom is -0.373 e. The van der Waals surface area contributed by atoms with Crippen molar-refractivity contribution in [3.63, 3.8) is 0 Å². The van der Waals surface area contributed by atoms with Crippen LogP contribution in [-0.4, -0.2) is 24.0 Å². The summed E-state index contributed by atoms with van der Waals surface area (Å²) in [7, 11) is 0. The van der Waals surface area contributed by atoms with Crippen molar-refractivity contribution in [3.8, 4) is 0 Å². The maximum atomic E-state index is 13.4.